The Morgan fingerprint density at radius 3 is 2.28 bits per heavy atom. The molecule has 2 unspecified atom stereocenters. The van der Waals surface area contributed by atoms with Crippen LogP contribution in [-0.2, 0) is 9.59 Å². The Hall–Kier alpha value is 2.79. The lowest BCUT2D eigenvalue weighted by atomic mass is 10.2. The largest absolute Gasteiger partial charge is 0.356 e. The first-order valence-corrected chi connectivity index (χ1v) is 18.7. The average molecular weight is 683 g/mol. The molecule has 25 heavy (non-hydrogen) atoms. The standard InChI is InChI=1S/C10H20BIN2O2PS2.CH5BIPS2/c1-2-6-13-9(15)4-3-5-10(16)14-7-8-18-19-11-17-12;1-5-6-2(3)4/h17H,2-8H2,1H3,(H,13,15)(H,14,16);4H2,1H3. The third-order valence-corrected chi connectivity index (χ3v) is 11.9. The van der Waals surface area contributed by atoms with E-state index in [4.69, 9.17) is 0 Å². The van der Waals surface area contributed by atoms with E-state index in [1.54, 1.807) is 32.2 Å². The number of carbonyl (C=O) groups is 2. The predicted octanol–water partition coefficient (Wildman–Crippen LogP) is 5.04. The van der Waals surface area contributed by atoms with E-state index in [2.05, 4.69) is 76.7 Å². The van der Waals surface area contributed by atoms with Crippen molar-refractivity contribution >= 4 is 124 Å². The van der Waals surface area contributed by atoms with Gasteiger partial charge in [0.2, 0.25) is 18.1 Å². The highest BCUT2D eigenvalue weighted by Gasteiger charge is 2.04. The van der Waals surface area contributed by atoms with Crippen LogP contribution in [0.15, 0.2) is 0 Å². The molecule has 145 valence electrons. The van der Waals surface area contributed by atoms with Gasteiger partial charge in [0.05, 0.1) is 0 Å². The maximum Gasteiger partial charge on any atom is 0.314 e. The van der Waals surface area contributed by atoms with Crippen molar-refractivity contribution in [1.29, 1.82) is 0 Å². The van der Waals surface area contributed by atoms with E-state index in [0.29, 0.717) is 35.9 Å². The lowest BCUT2D eigenvalue weighted by Gasteiger charge is -2.05. The SMILES string of the molecule is CCCNC(=O)CCCC(=O)NCCSS[B]PI.CSSB(P)I. The van der Waals surface area contributed by atoms with Crippen molar-refractivity contribution in [1.82, 2.24) is 10.6 Å². The van der Waals surface area contributed by atoms with Crippen LogP contribution < -0.4 is 10.6 Å². The minimum Gasteiger partial charge on any atom is -0.356 e. The first-order valence-electron chi connectivity index (χ1n) is 7.56. The number of halogens is 2. The molecule has 0 spiro atoms. The molecule has 4 nitrogen and oxygen atoms in total. The van der Waals surface area contributed by atoms with Gasteiger partial charge in [-0.3, -0.25) is 9.59 Å². The molecule has 2 atom stereocenters. The van der Waals surface area contributed by atoms with Gasteiger partial charge in [-0.25, -0.2) is 0 Å². The van der Waals surface area contributed by atoms with Crippen LogP contribution in [0.1, 0.15) is 32.6 Å². The molecule has 0 aromatic carbocycles. The van der Waals surface area contributed by atoms with Gasteiger partial charge < -0.3 is 10.6 Å². The van der Waals surface area contributed by atoms with E-state index in [-0.39, 0.29) is 11.8 Å². The molecule has 0 aromatic rings. The quantitative estimate of drug-likeness (QED) is 0.0882. The Morgan fingerprint density at radius 2 is 1.84 bits per heavy atom. The van der Waals surface area contributed by atoms with Crippen molar-refractivity contribution in [2.75, 3.05) is 25.1 Å². The number of nitrogens with one attached hydrogen (secondary N) is 2. The zero-order valence-electron chi connectivity index (χ0n) is 14.4. The number of amides is 2. The summed E-state index contributed by atoms with van der Waals surface area (Å²) in [7, 11) is 9.83. The number of hydrogen-bond donors (Lipinski definition) is 2. The third-order valence-electron chi connectivity index (χ3n) is 2.24. The summed E-state index contributed by atoms with van der Waals surface area (Å²) in [6, 6.07) is 0. The van der Waals surface area contributed by atoms with E-state index in [9.17, 15) is 9.59 Å². The van der Waals surface area contributed by atoms with Gasteiger partial charge in [-0.15, -0.1) is 74.4 Å². The van der Waals surface area contributed by atoms with Crippen molar-refractivity contribution in [2.24, 2.45) is 0 Å². The minimum absolute atomic E-state index is 0.0358. The molecule has 0 rings (SSSR count). The molecule has 0 saturated heterocycles. The zero-order valence-corrected chi connectivity index (χ0v) is 24.1. The number of carbonyl (C=O) groups excluding carboxylic acids is 2. The lowest BCUT2D eigenvalue weighted by molar-refractivity contribution is -0.122. The number of hydrogen-bond acceptors (Lipinski definition) is 6. The fraction of sp³-hybridized carbons (Fsp3) is 0.818. The van der Waals surface area contributed by atoms with E-state index < -0.39 is 0 Å². The van der Waals surface area contributed by atoms with Crippen LogP contribution in [0.5, 0.6) is 0 Å². The topological polar surface area (TPSA) is 58.2 Å². The molecule has 0 aliphatic heterocycles. The predicted molar refractivity (Wildman–Crippen MR) is 149 cm³/mol. The van der Waals surface area contributed by atoms with Crippen LogP contribution in [0.4, 0.5) is 0 Å². The van der Waals surface area contributed by atoms with Gasteiger partial charge in [0.15, 0.2) is 0 Å². The van der Waals surface area contributed by atoms with E-state index in [1.165, 1.54) is 0 Å². The Bertz CT molecular complexity index is 344. The highest BCUT2D eigenvalue weighted by Crippen LogP contribution is 2.30. The molecule has 14 heteroatoms. The van der Waals surface area contributed by atoms with Gasteiger partial charge in [-0.1, -0.05) is 35.1 Å². The van der Waals surface area contributed by atoms with E-state index >= 15 is 0 Å². The summed E-state index contributed by atoms with van der Waals surface area (Å²) in [6.45, 7) is 3.42. The monoisotopic (exact) mass is 683 g/mol. The molecule has 0 aliphatic rings. The summed E-state index contributed by atoms with van der Waals surface area (Å²) in [6.07, 6.45) is 7.49. The van der Waals surface area contributed by atoms with Crippen LogP contribution in [0.2, 0.25) is 0 Å². The molecule has 2 amide bonds. The third kappa shape index (κ3) is 29.1. The Balaban J connectivity index is 0. The van der Waals surface area contributed by atoms with Crippen LogP contribution in [-0.4, -0.2) is 46.8 Å². The van der Waals surface area contributed by atoms with Crippen molar-refractivity contribution in [3.63, 3.8) is 0 Å². The summed E-state index contributed by atoms with van der Waals surface area (Å²) in [5.41, 5.74) is 0. The van der Waals surface area contributed by atoms with Gasteiger partial charge in [-0.05, 0) is 19.1 Å². The highest BCUT2D eigenvalue weighted by atomic mass is 127. The molecule has 0 aromatic heterocycles. The van der Waals surface area contributed by atoms with Gasteiger partial charge in [0.25, 0.3) is 0 Å². The zero-order chi connectivity index (χ0) is 19.3. The second-order valence-electron chi connectivity index (χ2n) is 4.31. The molecular weight excluding hydrogens is 658 g/mol. The Kier molecular flexibility index (Phi) is 29.8. The molecule has 0 heterocycles. The van der Waals surface area contributed by atoms with Crippen LogP contribution in [0, 0.1) is 0 Å². The summed E-state index contributed by atoms with van der Waals surface area (Å²) in [5, 5.41) is 5.66. The molecule has 2 N–H and O–H groups in total. The summed E-state index contributed by atoms with van der Waals surface area (Å²) in [5.74, 6) is 0.982. The van der Waals surface area contributed by atoms with E-state index in [1.807, 2.05) is 17.6 Å². The molecule has 1 radical (unpaired) electrons. The second-order valence-corrected chi connectivity index (χ2v) is 16.8. The van der Waals surface area contributed by atoms with Gasteiger partial charge in [0, 0.05) is 31.7 Å². The molecular formula is C11H25B2I2N2O2P2S4. The van der Waals surface area contributed by atoms with Crippen LogP contribution >= 0.6 is 103 Å². The van der Waals surface area contributed by atoms with Crippen molar-refractivity contribution in [2.45, 2.75) is 32.6 Å². The van der Waals surface area contributed by atoms with Gasteiger partial charge >= 0.3 is 3.57 Å². The smallest absolute Gasteiger partial charge is 0.314 e. The minimum atomic E-state index is 0.0358. The first kappa shape index (κ1) is 30.0. The van der Waals surface area contributed by atoms with Gasteiger partial charge in [0.1, 0.15) is 0 Å². The summed E-state index contributed by atoms with van der Waals surface area (Å²) >= 11 is 4.67. The normalized spacial score (nSPS) is 10.1. The van der Waals surface area contributed by atoms with Gasteiger partial charge in [-0.2, -0.15) is 0 Å². The van der Waals surface area contributed by atoms with Crippen LogP contribution in [0.25, 0.3) is 0 Å². The molecule has 0 bridgehead atoms. The number of rotatable bonds is 14. The molecule has 0 fully saturated rings. The Morgan fingerprint density at radius 1 is 1.24 bits per heavy atom. The van der Waals surface area contributed by atoms with Crippen molar-refractivity contribution in [3.8, 4) is 0 Å². The summed E-state index contributed by atoms with van der Waals surface area (Å²) in [4.78, 5) is 22.8. The lowest BCUT2D eigenvalue weighted by Crippen LogP contribution is -2.27. The van der Waals surface area contributed by atoms with Crippen molar-refractivity contribution in [3.05, 3.63) is 0 Å². The summed E-state index contributed by atoms with van der Waals surface area (Å²) < 4.78 is 0.664. The molecule has 0 saturated carbocycles. The first-order chi connectivity index (χ1) is 12.0. The maximum atomic E-state index is 11.5. The Labute approximate surface area is 199 Å². The van der Waals surface area contributed by atoms with Crippen LogP contribution in [0.3, 0.4) is 0 Å². The average Bonchev–Trinajstić information content (AvgIpc) is 2.56. The fourth-order valence-corrected chi connectivity index (χ4v) is 9.86. The second kappa shape index (κ2) is 24.8. The maximum absolute atomic E-state index is 11.5. The van der Waals surface area contributed by atoms with E-state index in [0.717, 1.165) is 18.3 Å². The fourth-order valence-electron chi connectivity index (χ4n) is 1.28. The highest BCUT2D eigenvalue weighted by molar-refractivity contribution is 14.2. The van der Waals surface area contributed by atoms with Crippen molar-refractivity contribution < 1.29 is 9.59 Å². The molecule has 0 aliphatic carbocycles.